The maximum atomic E-state index is 10.3. The van der Waals surface area contributed by atoms with Crippen molar-refractivity contribution in [2.75, 3.05) is 18.5 Å². The number of anilines is 1. The van der Waals surface area contributed by atoms with E-state index in [2.05, 4.69) is 15.3 Å². The van der Waals surface area contributed by atoms with Crippen molar-refractivity contribution in [3.63, 3.8) is 0 Å². The van der Waals surface area contributed by atoms with E-state index < -0.39 is 6.17 Å². The molecule has 0 saturated carbocycles. The summed E-state index contributed by atoms with van der Waals surface area (Å²) in [7, 11) is 0. The molecule has 9 nitrogen and oxygen atoms in total. The Kier molecular flexibility index (Phi) is 3.30. The fourth-order valence-corrected chi connectivity index (χ4v) is 3.39. The van der Waals surface area contributed by atoms with Gasteiger partial charge in [-0.3, -0.25) is 9.88 Å². The van der Waals surface area contributed by atoms with Crippen LogP contribution >= 0.6 is 0 Å². The van der Waals surface area contributed by atoms with E-state index in [9.17, 15) is 10.2 Å². The zero-order valence-electron chi connectivity index (χ0n) is 14.2. The Morgan fingerprint density at radius 1 is 1.15 bits per heavy atom. The Bertz CT molecular complexity index is 1090. The van der Waals surface area contributed by atoms with Gasteiger partial charge in [0.25, 0.3) is 0 Å². The topological polar surface area (TPSA) is 127 Å². The van der Waals surface area contributed by atoms with Gasteiger partial charge in [-0.25, -0.2) is 9.98 Å². The number of nitrogens with zero attached hydrogens (tertiary/aromatic N) is 3. The molecule has 3 heterocycles. The minimum Gasteiger partial charge on any atom is -0.504 e. The second-order valence-corrected chi connectivity index (χ2v) is 6.37. The number of rotatable bonds is 1. The van der Waals surface area contributed by atoms with E-state index in [0.29, 0.717) is 41.7 Å². The van der Waals surface area contributed by atoms with Gasteiger partial charge in [-0.15, -0.1) is 0 Å². The Balaban J connectivity index is 1.74. The largest absolute Gasteiger partial charge is 0.504 e. The van der Waals surface area contributed by atoms with Crippen molar-refractivity contribution in [3.8, 4) is 23.0 Å². The van der Waals surface area contributed by atoms with Crippen molar-refractivity contribution in [2.45, 2.75) is 12.6 Å². The number of fused-ring (bicyclic) bond motifs is 4. The summed E-state index contributed by atoms with van der Waals surface area (Å²) in [5.74, 6) is 1.44. The summed E-state index contributed by atoms with van der Waals surface area (Å²) in [5.41, 5.74) is 7.75. The highest BCUT2D eigenvalue weighted by atomic mass is 16.5. The van der Waals surface area contributed by atoms with Crippen LogP contribution in [0, 0.1) is 0 Å². The molecule has 5 rings (SSSR count). The van der Waals surface area contributed by atoms with Crippen LogP contribution in [0.25, 0.3) is 11.0 Å². The van der Waals surface area contributed by atoms with Crippen LogP contribution < -0.4 is 20.5 Å². The van der Waals surface area contributed by atoms with E-state index in [1.54, 1.807) is 16.7 Å². The molecule has 0 amide bonds. The second-order valence-electron chi connectivity index (χ2n) is 6.37. The fraction of sp³-hybridized carbons (Fsp3) is 0.222. The van der Waals surface area contributed by atoms with Gasteiger partial charge in [0, 0.05) is 24.1 Å². The SMILES string of the molecule is NC1=N[C@H](c2cccc(O)c2O)n2c(nc3cc4c(cc32)OCCCO4)N1. The first-order chi connectivity index (χ1) is 13.1. The zero-order valence-corrected chi connectivity index (χ0v) is 14.2. The molecule has 2 aliphatic heterocycles. The van der Waals surface area contributed by atoms with Crippen molar-refractivity contribution in [1.29, 1.82) is 0 Å². The second kappa shape index (κ2) is 5.70. The first kappa shape index (κ1) is 15.6. The highest BCUT2D eigenvalue weighted by Crippen LogP contribution is 2.42. The number of ether oxygens (including phenoxy) is 2. The maximum absolute atomic E-state index is 10.3. The molecule has 1 aromatic heterocycles. The predicted octanol–water partition coefficient (Wildman–Crippen LogP) is 1.90. The number of hydrogen-bond acceptors (Lipinski definition) is 8. The van der Waals surface area contributed by atoms with Gasteiger partial charge in [-0.05, 0) is 6.07 Å². The van der Waals surface area contributed by atoms with Crippen LogP contribution in [0.1, 0.15) is 18.2 Å². The van der Waals surface area contributed by atoms with Gasteiger partial charge in [0.2, 0.25) is 5.95 Å². The lowest BCUT2D eigenvalue weighted by Gasteiger charge is -2.24. The molecule has 0 saturated heterocycles. The van der Waals surface area contributed by atoms with Crippen molar-refractivity contribution in [3.05, 3.63) is 35.9 Å². The number of aromatic nitrogens is 2. The third kappa shape index (κ3) is 2.39. The van der Waals surface area contributed by atoms with E-state index in [1.807, 2.05) is 12.1 Å². The van der Waals surface area contributed by atoms with Crippen LogP contribution in [0.15, 0.2) is 35.3 Å². The number of phenolic OH excluding ortho intramolecular Hbond substituents is 2. The van der Waals surface area contributed by atoms with Crippen molar-refractivity contribution >= 4 is 22.9 Å². The molecule has 3 aromatic rings. The average molecular weight is 367 g/mol. The molecule has 9 heteroatoms. The summed E-state index contributed by atoms with van der Waals surface area (Å²) in [6, 6.07) is 8.39. The van der Waals surface area contributed by atoms with Crippen molar-refractivity contribution < 1.29 is 19.7 Å². The Morgan fingerprint density at radius 2 is 1.93 bits per heavy atom. The van der Waals surface area contributed by atoms with Crippen molar-refractivity contribution in [1.82, 2.24) is 9.55 Å². The summed E-state index contributed by atoms with van der Waals surface area (Å²) < 4.78 is 13.3. The highest BCUT2D eigenvalue weighted by molar-refractivity contribution is 5.95. The Morgan fingerprint density at radius 3 is 2.74 bits per heavy atom. The van der Waals surface area contributed by atoms with Gasteiger partial charge in [-0.1, -0.05) is 12.1 Å². The first-order valence-corrected chi connectivity index (χ1v) is 8.54. The Hall–Kier alpha value is -3.62. The molecule has 0 aliphatic carbocycles. The number of para-hydroxylation sites is 1. The molecule has 2 aliphatic rings. The normalized spacial score (nSPS) is 18.4. The van der Waals surface area contributed by atoms with Crippen molar-refractivity contribution in [2.24, 2.45) is 10.7 Å². The lowest BCUT2D eigenvalue weighted by molar-refractivity contribution is 0.297. The van der Waals surface area contributed by atoms with Gasteiger partial charge >= 0.3 is 0 Å². The van der Waals surface area contributed by atoms with Crippen LogP contribution in [0.5, 0.6) is 23.0 Å². The molecule has 27 heavy (non-hydrogen) atoms. The number of hydrogen-bond donors (Lipinski definition) is 4. The summed E-state index contributed by atoms with van der Waals surface area (Å²) in [6.07, 6.45) is 0.114. The molecular weight excluding hydrogens is 350 g/mol. The first-order valence-electron chi connectivity index (χ1n) is 8.54. The van der Waals surface area contributed by atoms with E-state index in [0.717, 1.165) is 11.9 Å². The lowest BCUT2D eigenvalue weighted by Crippen LogP contribution is -2.31. The third-order valence-corrected chi connectivity index (χ3v) is 4.63. The molecule has 0 unspecified atom stereocenters. The van der Waals surface area contributed by atoms with Crippen LogP contribution in [0.3, 0.4) is 0 Å². The molecule has 0 fully saturated rings. The van der Waals surface area contributed by atoms with E-state index >= 15 is 0 Å². The summed E-state index contributed by atoms with van der Waals surface area (Å²) in [6.45, 7) is 1.15. The van der Waals surface area contributed by atoms with Crippen LogP contribution in [0.4, 0.5) is 5.95 Å². The monoisotopic (exact) mass is 367 g/mol. The minimum atomic E-state index is -0.692. The zero-order chi connectivity index (χ0) is 18.5. The van der Waals surface area contributed by atoms with Gasteiger partial charge in [0.15, 0.2) is 35.1 Å². The third-order valence-electron chi connectivity index (χ3n) is 4.63. The van der Waals surface area contributed by atoms with E-state index in [-0.39, 0.29) is 17.5 Å². The number of benzene rings is 2. The minimum absolute atomic E-state index is 0.166. The number of aromatic hydroxyl groups is 2. The standard InChI is InChI=1S/C18H17N5O4/c19-17-21-16(9-3-1-4-12(24)15(9)25)23-11-8-14-13(26-5-2-6-27-14)7-10(11)20-18(23)22-17/h1,3-4,7-8,16,24-25H,2,5-6H2,(H3,19,20,21,22)/t16-/m0/s1. The molecule has 1 atom stereocenters. The van der Waals surface area contributed by atoms with Gasteiger partial charge in [0.1, 0.15) is 0 Å². The van der Waals surface area contributed by atoms with Gasteiger partial charge in [0.05, 0.1) is 24.2 Å². The van der Waals surface area contributed by atoms with Crippen LogP contribution in [-0.2, 0) is 0 Å². The average Bonchev–Trinajstić information content (AvgIpc) is 2.83. The highest BCUT2D eigenvalue weighted by Gasteiger charge is 2.29. The number of imidazole rings is 1. The van der Waals surface area contributed by atoms with E-state index in [4.69, 9.17) is 15.2 Å². The Labute approximate surface area is 153 Å². The molecular formula is C18H17N5O4. The van der Waals surface area contributed by atoms with Gasteiger partial charge < -0.3 is 25.4 Å². The van der Waals surface area contributed by atoms with E-state index in [1.165, 1.54) is 6.07 Å². The number of phenols is 2. The van der Waals surface area contributed by atoms with Gasteiger partial charge in [-0.2, -0.15) is 0 Å². The lowest BCUT2D eigenvalue weighted by atomic mass is 10.1. The molecule has 0 spiro atoms. The summed E-state index contributed by atoms with van der Waals surface area (Å²) in [4.78, 5) is 8.99. The van der Waals surface area contributed by atoms with Crippen LogP contribution in [-0.4, -0.2) is 38.9 Å². The quantitative estimate of drug-likeness (QED) is 0.484. The molecule has 0 bridgehead atoms. The summed E-state index contributed by atoms with van der Waals surface area (Å²) in [5, 5.41) is 23.2. The predicted molar refractivity (Wildman–Crippen MR) is 98.5 cm³/mol. The molecule has 0 radical (unpaired) electrons. The smallest absolute Gasteiger partial charge is 0.212 e. The number of aliphatic imine (C=N–C) groups is 1. The number of nitrogens with two attached hydrogens (primary N) is 1. The fourth-order valence-electron chi connectivity index (χ4n) is 3.39. The number of nitrogens with one attached hydrogen (secondary N) is 1. The molecule has 2 aromatic carbocycles. The van der Waals surface area contributed by atoms with Crippen LogP contribution in [0.2, 0.25) is 0 Å². The maximum Gasteiger partial charge on any atom is 0.212 e. The summed E-state index contributed by atoms with van der Waals surface area (Å²) >= 11 is 0. The molecule has 5 N–H and O–H groups in total. The number of guanidine groups is 1. The molecule has 138 valence electrons.